The fourth-order valence-corrected chi connectivity index (χ4v) is 4.29. The van der Waals surface area contributed by atoms with E-state index in [2.05, 4.69) is 22.5 Å². The lowest BCUT2D eigenvalue weighted by Crippen LogP contribution is -2.54. The van der Waals surface area contributed by atoms with E-state index in [9.17, 15) is 10.1 Å². The van der Waals surface area contributed by atoms with Crippen LogP contribution in [0.15, 0.2) is 31.0 Å². The molecule has 2 aromatic heterocycles. The number of hydrogen-bond acceptors (Lipinski definition) is 6. The highest BCUT2D eigenvalue weighted by Crippen LogP contribution is 2.44. The molecule has 0 unspecified atom stereocenters. The van der Waals surface area contributed by atoms with Crippen LogP contribution in [0.2, 0.25) is 0 Å². The molecule has 0 N–H and O–H groups in total. The standard InChI is InChI=1S/C25H29N5O2/c1-4-18-7-9-27-22(13-18)21-14-20(15-26)25(28-24(21)19-5-6-19)29-10-11-30(17(2)16-29)23(31)8-12-32-3/h4,7,9,13-14,17,19H,1,5-6,8,10-12,16H2,2-3H3/t17-/m1/s1. The van der Waals surface area contributed by atoms with Gasteiger partial charge in [0.25, 0.3) is 0 Å². The number of methoxy groups -OCH3 is 1. The minimum Gasteiger partial charge on any atom is -0.384 e. The number of aromatic nitrogens is 2. The summed E-state index contributed by atoms with van der Waals surface area (Å²) in [6.45, 7) is 8.23. The Morgan fingerprint density at radius 3 is 2.84 bits per heavy atom. The van der Waals surface area contributed by atoms with Crippen molar-refractivity contribution in [2.45, 2.75) is 38.1 Å². The molecule has 0 bridgehead atoms. The summed E-state index contributed by atoms with van der Waals surface area (Å²) in [5.74, 6) is 1.23. The van der Waals surface area contributed by atoms with Crippen LogP contribution < -0.4 is 4.90 Å². The molecule has 2 fully saturated rings. The minimum atomic E-state index is 0.0384. The van der Waals surface area contributed by atoms with Gasteiger partial charge in [-0.15, -0.1) is 0 Å². The normalized spacial score (nSPS) is 18.3. The van der Waals surface area contributed by atoms with Crippen molar-refractivity contribution >= 4 is 17.8 Å². The molecular formula is C25H29N5O2. The summed E-state index contributed by atoms with van der Waals surface area (Å²) in [7, 11) is 1.61. The van der Waals surface area contributed by atoms with E-state index in [0.717, 1.165) is 35.4 Å². The second-order valence-electron chi connectivity index (χ2n) is 8.48. The quantitative estimate of drug-likeness (QED) is 0.666. The molecule has 7 heteroatoms. The Labute approximate surface area is 189 Å². The molecule has 0 spiro atoms. The zero-order valence-corrected chi connectivity index (χ0v) is 18.8. The molecule has 7 nitrogen and oxygen atoms in total. The summed E-state index contributed by atoms with van der Waals surface area (Å²) in [4.78, 5) is 26.1. The van der Waals surface area contributed by atoms with Crippen LogP contribution in [0.4, 0.5) is 5.82 Å². The minimum absolute atomic E-state index is 0.0384. The lowest BCUT2D eigenvalue weighted by Gasteiger charge is -2.41. The molecule has 2 aromatic rings. The van der Waals surface area contributed by atoms with Gasteiger partial charge >= 0.3 is 0 Å². The van der Waals surface area contributed by atoms with Crippen LogP contribution in [0.25, 0.3) is 17.3 Å². The molecule has 3 heterocycles. The molecule has 166 valence electrons. The van der Waals surface area contributed by atoms with E-state index in [1.807, 2.05) is 30.0 Å². The number of carbonyl (C=O) groups excluding carboxylic acids is 1. The lowest BCUT2D eigenvalue weighted by atomic mass is 10.0. The molecule has 1 aliphatic heterocycles. The molecule has 4 rings (SSSR count). The van der Waals surface area contributed by atoms with Crippen molar-refractivity contribution in [3.05, 3.63) is 47.8 Å². The van der Waals surface area contributed by atoms with Gasteiger partial charge in [0.1, 0.15) is 11.9 Å². The predicted octanol–water partition coefficient (Wildman–Crippen LogP) is 3.61. The number of amides is 1. The maximum Gasteiger partial charge on any atom is 0.225 e. The van der Waals surface area contributed by atoms with E-state index in [0.29, 0.717) is 50.0 Å². The van der Waals surface area contributed by atoms with Crippen molar-refractivity contribution in [3.8, 4) is 17.3 Å². The molecule has 1 atom stereocenters. The molecule has 0 radical (unpaired) electrons. The van der Waals surface area contributed by atoms with E-state index in [1.165, 1.54) is 0 Å². The number of nitrogens with zero attached hydrogens (tertiary/aromatic N) is 5. The summed E-state index contributed by atoms with van der Waals surface area (Å²) in [5.41, 5.74) is 4.29. The van der Waals surface area contributed by atoms with E-state index >= 15 is 0 Å². The Morgan fingerprint density at radius 1 is 1.38 bits per heavy atom. The molecule has 2 aliphatic rings. The van der Waals surface area contributed by atoms with Gasteiger partial charge in [0.15, 0.2) is 0 Å². The van der Waals surface area contributed by atoms with Gasteiger partial charge in [-0.25, -0.2) is 4.98 Å². The third kappa shape index (κ3) is 4.51. The largest absolute Gasteiger partial charge is 0.384 e. The molecular weight excluding hydrogens is 402 g/mol. The summed E-state index contributed by atoms with van der Waals surface area (Å²) in [6.07, 6.45) is 6.16. The lowest BCUT2D eigenvalue weighted by molar-refractivity contribution is -0.134. The Morgan fingerprint density at radius 2 is 2.19 bits per heavy atom. The first-order valence-electron chi connectivity index (χ1n) is 11.1. The van der Waals surface area contributed by atoms with Gasteiger partial charge in [0, 0.05) is 50.5 Å². The van der Waals surface area contributed by atoms with Crippen LogP contribution in [-0.2, 0) is 9.53 Å². The second-order valence-corrected chi connectivity index (χ2v) is 8.48. The number of piperazine rings is 1. The Hall–Kier alpha value is -3.24. The Bertz CT molecular complexity index is 1060. The van der Waals surface area contributed by atoms with E-state index < -0.39 is 0 Å². The maximum absolute atomic E-state index is 12.5. The van der Waals surface area contributed by atoms with Crippen molar-refractivity contribution < 1.29 is 9.53 Å². The van der Waals surface area contributed by atoms with Crippen LogP contribution in [0, 0.1) is 11.3 Å². The maximum atomic E-state index is 12.5. The number of pyridine rings is 2. The van der Waals surface area contributed by atoms with Gasteiger partial charge in [-0.05, 0) is 43.5 Å². The van der Waals surface area contributed by atoms with Crippen molar-refractivity contribution in [3.63, 3.8) is 0 Å². The summed E-state index contributed by atoms with van der Waals surface area (Å²) >= 11 is 0. The highest BCUT2D eigenvalue weighted by molar-refractivity contribution is 5.77. The highest BCUT2D eigenvalue weighted by atomic mass is 16.5. The Kier molecular flexibility index (Phi) is 6.52. The molecule has 32 heavy (non-hydrogen) atoms. The van der Waals surface area contributed by atoms with Crippen LogP contribution in [0.5, 0.6) is 0 Å². The highest BCUT2D eigenvalue weighted by Gasteiger charge is 2.33. The second kappa shape index (κ2) is 9.49. The third-order valence-electron chi connectivity index (χ3n) is 6.18. The molecule has 1 amide bonds. The van der Waals surface area contributed by atoms with Gasteiger partial charge in [-0.2, -0.15) is 5.26 Å². The number of hydrogen-bond donors (Lipinski definition) is 0. The molecule has 1 saturated heterocycles. The van der Waals surface area contributed by atoms with Crippen LogP contribution >= 0.6 is 0 Å². The van der Waals surface area contributed by atoms with E-state index in [-0.39, 0.29) is 11.9 Å². The van der Waals surface area contributed by atoms with Crippen LogP contribution in [0.3, 0.4) is 0 Å². The van der Waals surface area contributed by atoms with Crippen LogP contribution in [-0.4, -0.2) is 60.2 Å². The monoisotopic (exact) mass is 431 g/mol. The number of ether oxygens (including phenoxy) is 1. The van der Waals surface area contributed by atoms with Gasteiger partial charge in [-0.3, -0.25) is 9.78 Å². The van der Waals surface area contributed by atoms with Crippen LogP contribution in [0.1, 0.15) is 48.9 Å². The zero-order valence-electron chi connectivity index (χ0n) is 18.8. The SMILES string of the molecule is C=Cc1ccnc(-c2cc(C#N)c(N3CCN(C(=O)CCOC)[C@H](C)C3)nc2C2CC2)c1. The fraction of sp³-hybridized carbons (Fsp3) is 0.440. The predicted molar refractivity (Wildman–Crippen MR) is 124 cm³/mol. The van der Waals surface area contributed by atoms with E-state index in [1.54, 1.807) is 19.4 Å². The molecule has 1 saturated carbocycles. The Balaban J connectivity index is 1.64. The van der Waals surface area contributed by atoms with Gasteiger partial charge in [-0.1, -0.05) is 12.7 Å². The van der Waals surface area contributed by atoms with E-state index in [4.69, 9.17) is 9.72 Å². The third-order valence-corrected chi connectivity index (χ3v) is 6.18. The van der Waals surface area contributed by atoms with Crippen molar-refractivity contribution in [1.29, 1.82) is 5.26 Å². The smallest absolute Gasteiger partial charge is 0.225 e. The van der Waals surface area contributed by atoms with Gasteiger partial charge in [0.2, 0.25) is 5.91 Å². The fourth-order valence-electron chi connectivity index (χ4n) is 4.29. The average molecular weight is 432 g/mol. The number of nitriles is 1. The first kappa shape index (κ1) is 22.0. The van der Waals surface area contributed by atoms with Gasteiger partial charge in [0.05, 0.1) is 30.0 Å². The van der Waals surface area contributed by atoms with Crippen molar-refractivity contribution in [2.24, 2.45) is 0 Å². The average Bonchev–Trinajstić information content (AvgIpc) is 3.67. The first-order valence-corrected chi connectivity index (χ1v) is 11.1. The molecule has 0 aromatic carbocycles. The van der Waals surface area contributed by atoms with Crippen molar-refractivity contribution in [2.75, 3.05) is 38.3 Å². The first-order chi connectivity index (χ1) is 15.5. The van der Waals surface area contributed by atoms with Crippen molar-refractivity contribution in [1.82, 2.24) is 14.9 Å². The zero-order chi connectivity index (χ0) is 22.7. The summed E-state index contributed by atoms with van der Waals surface area (Å²) in [5, 5.41) is 9.94. The number of anilines is 1. The summed E-state index contributed by atoms with van der Waals surface area (Å²) in [6, 6.07) is 8.22. The number of rotatable bonds is 7. The number of carbonyl (C=O) groups is 1. The van der Waals surface area contributed by atoms with Gasteiger partial charge < -0.3 is 14.5 Å². The topological polar surface area (TPSA) is 82.4 Å². The molecule has 1 aliphatic carbocycles. The summed E-state index contributed by atoms with van der Waals surface area (Å²) < 4.78 is 5.05.